The summed E-state index contributed by atoms with van der Waals surface area (Å²) in [6, 6.07) is 8.40. The molecule has 0 aliphatic heterocycles. The van der Waals surface area contributed by atoms with E-state index >= 15 is 0 Å². The zero-order chi connectivity index (χ0) is 18.7. The van der Waals surface area contributed by atoms with Crippen LogP contribution in [0.25, 0.3) is 0 Å². The molecule has 1 amide bonds. The molecular weight excluding hydrogens is 349 g/mol. The van der Waals surface area contributed by atoms with Crippen molar-refractivity contribution in [3.05, 3.63) is 51.7 Å². The fourth-order valence-corrected chi connectivity index (χ4v) is 4.62. The van der Waals surface area contributed by atoms with Crippen molar-refractivity contribution in [2.45, 2.75) is 39.2 Å². The van der Waals surface area contributed by atoms with Crippen LogP contribution < -0.4 is 10.6 Å². The average Bonchev–Trinajstić information content (AvgIpc) is 2.96. The molecule has 0 unspecified atom stereocenters. The highest BCUT2D eigenvalue weighted by molar-refractivity contribution is 7.16. The second-order valence-corrected chi connectivity index (χ2v) is 7.98. The number of benzene rings is 1. The summed E-state index contributed by atoms with van der Waals surface area (Å²) in [6.07, 6.45) is 2.97. The van der Waals surface area contributed by atoms with Gasteiger partial charge in [0.15, 0.2) is 0 Å². The summed E-state index contributed by atoms with van der Waals surface area (Å²) in [5, 5.41) is 16.2. The number of nitriles is 1. The van der Waals surface area contributed by atoms with E-state index in [1.807, 2.05) is 6.92 Å². The molecule has 0 spiro atoms. The first-order chi connectivity index (χ1) is 12.5. The van der Waals surface area contributed by atoms with E-state index in [4.69, 9.17) is 0 Å². The molecular formula is C20H22FN3OS. The maximum atomic E-state index is 13.0. The van der Waals surface area contributed by atoms with Crippen LogP contribution in [-0.2, 0) is 17.6 Å². The van der Waals surface area contributed by atoms with Crippen molar-refractivity contribution in [2.75, 3.05) is 11.9 Å². The van der Waals surface area contributed by atoms with Crippen LogP contribution in [0.3, 0.4) is 0 Å². The van der Waals surface area contributed by atoms with E-state index < -0.39 is 0 Å². The molecule has 1 aromatic heterocycles. The molecule has 3 rings (SSSR count). The first kappa shape index (κ1) is 18.6. The van der Waals surface area contributed by atoms with Crippen LogP contribution in [0.4, 0.5) is 9.39 Å². The van der Waals surface area contributed by atoms with E-state index in [9.17, 15) is 14.4 Å². The van der Waals surface area contributed by atoms with Crippen LogP contribution in [0.5, 0.6) is 0 Å². The number of thiophene rings is 1. The molecule has 0 fully saturated rings. The molecule has 26 heavy (non-hydrogen) atoms. The van der Waals surface area contributed by atoms with E-state index in [1.165, 1.54) is 28.3 Å². The Labute approximate surface area is 157 Å². The van der Waals surface area contributed by atoms with Crippen molar-refractivity contribution in [2.24, 2.45) is 5.92 Å². The maximum Gasteiger partial charge on any atom is 0.238 e. The first-order valence-electron chi connectivity index (χ1n) is 8.81. The Morgan fingerprint density at radius 3 is 2.85 bits per heavy atom. The number of amides is 1. The van der Waals surface area contributed by atoms with Crippen LogP contribution in [0.15, 0.2) is 24.3 Å². The third kappa shape index (κ3) is 4.12. The van der Waals surface area contributed by atoms with Crippen molar-refractivity contribution in [3.8, 4) is 6.07 Å². The van der Waals surface area contributed by atoms with Crippen LogP contribution >= 0.6 is 11.3 Å². The molecule has 2 N–H and O–H groups in total. The molecule has 1 heterocycles. The monoisotopic (exact) mass is 371 g/mol. The van der Waals surface area contributed by atoms with Gasteiger partial charge in [-0.05, 0) is 55.4 Å². The van der Waals surface area contributed by atoms with Gasteiger partial charge < -0.3 is 10.6 Å². The fraction of sp³-hybridized carbons (Fsp3) is 0.400. The van der Waals surface area contributed by atoms with Gasteiger partial charge in [-0.2, -0.15) is 5.26 Å². The number of hydrogen-bond acceptors (Lipinski definition) is 4. The lowest BCUT2D eigenvalue weighted by Gasteiger charge is -2.17. The van der Waals surface area contributed by atoms with Crippen molar-refractivity contribution in [3.63, 3.8) is 0 Å². The van der Waals surface area contributed by atoms with Gasteiger partial charge in [0.05, 0.1) is 12.1 Å². The SMILES string of the molecule is C[C@@H]1CCc2c(sc(NC(=O)CN[C@H](C)c3ccc(F)cc3)c2C#N)C1. The minimum absolute atomic E-state index is 0.0748. The number of carbonyl (C=O) groups is 1. The Morgan fingerprint density at radius 1 is 1.42 bits per heavy atom. The van der Waals surface area contributed by atoms with Gasteiger partial charge >= 0.3 is 0 Å². The minimum atomic E-state index is -0.279. The number of carbonyl (C=O) groups excluding carboxylic acids is 1. The highest BCUT2D eigenvalue weighted by Gasteiger charge is 2.24. The number of nitrogens with zero attached hydrogens (tertiary/aromatic N) is 1. The number of fused-ring (bicyclic) bond motifs is 1. The summed E-state index contributed by atoms with van der Waals surface area (Å²) >= 11 is 1.53. The Kier molecular flexibility index (Phi) is 5.70. The van der Waals surface area contributed by atoms with Crippen molar-refractivity contribution in [1.82, 2.24) is 5.32 Å². The second-order valence-electron chi connectivity index (χ2n) is 6.87. The quantitative estimate of drug-likeness (QED) is 0.829. The van der Waals surface area contributed by atoms with Gasteiger partial charge in [0, 0.05) is 10.9 Å². The number of anilines is 1. The standard InChI is InChI=1S/C20H22FN3OS/c1-12-3-8-16-17(10-22)20(26-18(16)9-12)24-19(25)11-23-13(2)14-4-6-15(21)7-5-14/h4-7,12-13,23H,3,8-9,11H2,1-2H3,(H,24,25)/t12-,13-/m1/s1. The normalized spacial score (nSPS) is 17.2. The lowest BCUT2D eigenvalue weighted by molar-refractivity contribution is -0.115. The summed E-state index contributed by atoms with van der Waals surface area (Å²) in [6.45, 7) is 4.27. The Morgan fingerprint density at radius 2 is 2.15 bits per heavy atom. The van der Waals surface area contributed by atoms with E-state index in [1.54, 1.807) is 12.1 Å². The fourth-order valence-electron chi connectivity index (χ4n) is 3.24. The summed E-state index contributed by atoms with van der Waals surface area (Å²) in [4.78, 5) is 13.5. The Hall–Kier alpha value is -2.23. The predicted octanol–water partition coefficient (Wildman–Crippen LogP) is 4.17. The van der Waals surface area contributed by atoms with Crippen molar-refractivity contribution < 1.29 is 9.18 Å². The molecule has 6 heteroatoms. The van der Waals surface area contributed by atoms with Gasteiger partial charge in [0.1, 0.15) is 16.9 Å². The van der Waals surface area contributed by atoms with Crippen molar-refractivity contribution in [1.29, 1.82) is 5.26 Å². The second kappa shape index (κ2) is 7.98. The van der Waals surface area contributed by atoms with Gasteiger partial charge in [-0.15, -0.1) is 11.3 Å². The summed E-state index contributed by atoms with van der Waals surface area (Å²) in [5.74, 6) is 0.162. The minimum Gasteiger partial charge on any atom is -0.315 e. The molecule has 1 aliphatic carbocycles. The number of nitrogens with one attached hydrogen (secondary N) is 2. The van der Waals surface area contributed by atoms with Gasteiger partial charge in [-0.25, -0.2) is 4.39 Å². The molecule has 4 nitrogen and oxygen atoms in total. The van der Waals surface area contributed by atoms with Crippen molar-refractivity contribution >= 4 is 22.2 Å². The largest absolute Gasteiger partial charge is 0.315 e. The molecule has 0 radical (unpaired) electrons. The molecule has 1 aromatic carbocycles. The lowest BCUT2D eigenvalue weighted by atomic mass is 9.89. The summed E-state index contributed by atoms with van der Waals surface area (Å²) < 4.78 is 13.0. The van der Waals surface area contributed by atoms with E-state index in [2.05, 4.69) is 23.6 Å². The van der Waals surface area contributed by atoms with Crippen LogP contribution in [-0.4, -0.2) is 12.5 Å². The number of hydrogen-bond donors (Lipinski definition) is 2. The Balaban J connectivity index is 1.62. The van der Waals surface area contributed by atoms with Gasteiger partial charge in [0.25, 0.3) is 0 Å². The molecule has 0 bridgehead atoms. The average molecular weight is 371 g/mol. The summed E-state index contributed by atoms with van der Waals surface area (Å²) in [5.41, 5.74) is 2.65. The third-order valence-electron chi connectivity index (χ3n) is 4.82. The van der Waals surface area contributed by atoms with E-state index in [-0.39, 0.29) is 24.3 Å². The molecule has 0 saturated heterocycles. The molecule has 2 atom stereocenters. The van der Waals surface area contributed by atoms with Crippen LogP contribution in [0, 0.1) is 23.1 Å². The topological polar surface area (TPSA) is 64.9 Å². The Bertz CT molecular complexity index is 838. The lowest BCUT2D eigenvalue weighted by Crippen LogP contribution is -2.30. The van der Waals surface area contributed by atoms with Crippen LogP contribution in [0.2, 0.25) is 0 Å². The van der Waals surface area contributed by atoms with Gasteiger partial charge in [-0.3, -0.25) is 4.79 Å². The molecule has 1 aliphatic rings. The predicted molar refractivity (Wildman–Crippen MR) is 102 cm³/mol. The zero-order valence-corrected chi connectivity index (χ0v) is 15.8. The molecule has 0 saturated carbocycles. The third-order valence-corrected chi connectivity index (χ3v) is 5.99. The van der Waals surface area contributed by atoms with E-state index in [0.29, 0.717) is 16.5 Å². The van der Waals surface area contributed by atoms with E-state index in [0.717, 1.165) is 30.4 Å². The highest BCUT2D eigenvalue weighted by atomic mass is 32.1. The highest BCUT2D eigenvalue weighted by Crippen LogP contribution is 2.39. The molecule has 136 valence electrons. The molecule has 2 aromatic rings. The number of halogens is 1. The van der Waals surface area contributed by atoms with Crippen LogP contribution in [0.1, 0.15) is 47.9 Å². The number of rotatable bonds is 5. The zero-order valence-electron chi connectivity index (χ0n) is 14.9. The summed E-state index contributed by atoms with van der Waals surface area (Å²) in [7, 11) is 0. The smallest absolute Gasteiger partial charge is 0.238 e. The first-order valence-corrected chi connectivity index (χ1v) is 9.63. The van der Waals surface area contributed by atoms with Gasteiger partial charge in [-0.1, -0.05) is 19.1 Å². The maximum absolute atomic E-state index is 13.0. The van der Waals surface area contributed by atoms with Gasteiger partial charge in [0.2, 0.25) is 5.91 Å².